The number of pyridine rings is 1. The Balaban J connectivity index is 1.86. The fourth-order valence-electron chi connectivity index (χ4n) is 3.63. The van der Waals surface area contributed by atoms with Gasteiger partial charge in [0.05, 0.1) is 34.1 Å². The number of primary amides is 1. The minimum Gasteiger partial charge on any atom is -0.466 e. The summed E-state index contributed by atoms with van der Waals surface area (Å²) in [6.07, 6.45) is 1.50. The summed E-state index contributed by atoms with van der Waals surface area (Å²) in [4.78, 5) is 29.4. The van der Waals surface area contributed by atoms with Crippen LogP contribution in [0, 0.1) is 25.5 Å². The van der Waals surface area contributed by atoms with Gasteiger partial charge in [0.2, 0.25) is 0 Å². The molecule has 8 nitrogen and oxygen atoms in total. The van der Waals surface area contributed by atoms with Crippen molar-refractivity contribution in [3.8, 4) is 11.3 Å². The molecule has 1 aromatic carbocycles. The van der Waals surface area contributed by atoms with Crippen molar-refractivity contribution in [2.75, 3.05) is 5.32 Å². The van der Waals surface area contributed by atoms with Gasteiger partial charge in [-0.3, -0.25) is 9.59 Å². The molecular weight excluding hydrogens is 432 g/mol. The molecule has 3 heterocycles. The molecule has 10 heteroatoms. The van der Waals surface area contributed by atoms with Gasteiger partial charge in [0.1, 0.15) is 23.2 Å². The summed E-state index contributed by atoms with van der Waals surface area (Å²) in [5.74, 6) is -2.63. The molecule has 0 fully saturated rings. The first-order valence-electron chi connectivity index (χ1n) is 10.1. The zero-order chi connectivity index (χ0) is 24.0. The van der Waals surface area contributed by atoms with E-state index in [1.807, 2.05) is 13.8 Å². The van der Waals surface area contributed by atoms with E-state index in [4.69, 9.17) is 15.1 Å². The fourth-order valence-corrected chi connectivity index (χ4v) is 3.63. The molecule has 0 aliphatic rings. The van der Waals surface area contributed by atoms with Crippen molar-refractivity contribution in [1.82, 2.24) is 14.8 Å². The third-order valence-electron chi connectivity index (χ3n) is 5.19. The normalized spacial score (nSPS) is 11.4. The van der Waals surface area contributed by atoms with Crippen LogP contribution in [0.3, 0.4) is 0 Å². The molecule has 0 saturated carbocycles. The zero-order valence-electron chi connectivity index (χ0n) is 18.4. The van der Waals surface area contributed by atoms with Crippen LogP contribution in [0.4, 0.5) is 14.5 Å². The van der Waals surface area contributed by atoms with Gasteiger partial charge < -0.3 is 15.5 Å². The van der Waals surface area contributed by atoms with Crippen molar-refractivity contribution < 1.29 is 22.8 Å². The number of carbonyl (C=O) groups excluding carboxylic acids is 2. The lowest BCUT2D eigenvalue weighted by atomic mass is 10.1. The molecule has 0 unspecified atom stereocenters. The van der Waals surface area contributed by atoms with Crippen LogP contribution < -0.4 is 11.1 Å². The van der Waals surface area contributed by atoms with Crippen molar-refractivity contribution in [2.45, 2.75) is 33.7 Å². The predicted molar refractivity (Wildman–Crippen MR) is 118 cm³/mol. The summed E-state index contributed by atoms with van der Waals surface area (Å²) in [7, 11) is 0. The van der Waals surface area contributed by atoms with Crippen LogP contribution in [0.15, 0.2) is 34.9 Å². The van der Waals surface area contributed by atoms with Crippen LogP contribution in [0.5, 0.6) is 0 Å². The lowest BCUT2D eigenvalue weighted by Crippen LogP contribution is -2.17. The molecule has 0 saturated heterocycles. The molecule has 3 N–H and O–H groups in total. The van der Waals surface area contributed by atoms with Gasteiger partial charge in [0.15, 0.2) is 5.65 Å². The Morgan fingerprint density at radius 1 is 1.09 bits per heavy atom. The van der Waals surface area contributed by atoms with Gasteiger partial charge in [-0.1, -0.05) is 0 Å². The van der Waals surface area contributed by atoms with Gasteiger partial charge in [0.25, 0.3) is 11.8 Å². The van der Waals surface area contributed by atoms with Gasteiger partial charge >= 0.3 is 0 Å². The van der Waals surface area contributed by atoms with E-state index in [0.29, 0.717) is 39.9 Å². The minimum absolute atomic E-state index is 0.0407. The number of benzene rings is 1. The highest BCUT2D eigenvalue weighted by atomic mass is 19.1. The number of nitrogens with one attached hydrogen (secondary N) is 1. The number of nitrogens with zero attached hydrogens (tertiary/aromatic N) is 3. The van der Waals surface area contributed by atoms with Gasteiger partial charge in [-0.05, 0) is 45.9 Å². The number of rotatable bonds is 5. The maximum atomic E-state index is 14.3. The number of nitrogens with two attached hydrogens (primary N) is 1. The summed E-state index contributed by atoms with van der Waals surface area (Å²) in [5, 5.41) is 7.19. The number of furan rings is 1. The van der Waals surface area contributed by atoms with Gasteiger partial charge in [-0.15, -0.1) is 0 Å². The van der Waals surface area contributed by atoms with Gasteiger partial charge in [0, 0.05) is 17.7 Å². The fraction of sp³-hybridized carbons (Fsp3) is 0.217. The molecule has 0 radical (unpaired) electrons. The molecule has 0 spiro atoms. The average Bonchev–Trinajstić information content (AvgIpc) is 3.31. The summed E-state index contributed by atoms with van der Waals surface area (Å²) in [5.41, 5.74) is 6.02. The van der Waals surface area contributed by atoms with Crippen molar-refractivity contribution >= 4 is 28.5 Å². The number of carbonyl (C=O) groups is 2. The first-order valence-corrected chi connectivity index (χ1v) is 10.1. The second kappa shape index (κ2) is 8.12. The van der Waals surface area contributed by atoms with Crippen molar-refractivity contribution in [3.05, 3.63) is 64.7 Å². The van der Waals surface area contributed by atoms with Crippen LogP contribution in [-0.2, 0) is 0 Å². The SMILES string of the molecule is Cc1cc(-c2cc(C(=O)Nc3cc(C(N)=O)c(F)cc3F)c3cnn(C(C)C)c3n2)c(C)o1. The number of hydrogen-bond acceptors (Lipinski definition) is 5. The molecule has 170 valence electrons. The monoisotopic (exact) mass is 453 g/mol. The summed E-state index contributed by atoms with van der Waals surface area (Å²) in [6.45, 7) is 7.43. The van der Waals surface area contributed by atoms with E-state index < -0.39 is 29.0 Å². The molecule has 0 aliphatic carbocycles. The minimum atomic E-state index is -1.12. The van der Waals surface area contributed by atoms with Gasteiger partial charge in [-0.2, -0.15) is 5.10 Å². The zero-order valence-corrected chi connectivity index (χ0v) is 18.4. The molecule has 33 heavy (non-hydrogen) atoms. The molecule has 0 atom stereocenters. The van der Waals surface area contributed by atoms with E-state index in [9.17, 15) is 18.4 Å². The Bertz CT molecular complexity index is 1420. The highest BCUT2D eigenvalue weighted by molar-refractivity contribution is 6.13. The van der Waals surface area contributed by atoms with Crippen LogP contribution in [0.2, 0.25) is 0 Å². The van der Waals surface area contributed by atoms with E-state index in [1.54, 1.807) is 30.7 Å². The lowest BCUT2D eigenvalue weighted by Gasteiger charge is -2.12. The molecule has 4 aromatic rings. The number of aromatic nitrogens is 3. The van der Waals surface area contributed by atoms with E-state index in [-0.39, 0.29) is 17.3 Å². The highest BCUT2D eigenvalue weighted by Crippen LogP contribution is 2.31. The Kier molecular flexibility index (Phi) is 5.44. The Morgan fingerprint density at radius 3 is 2.42 bits per heavy atom. The largest absolute Gasteiger partial charge is 0.466 e. The number of amides is 2. The standard InChI is InChI=1S/C23H21F2N5O3/c1-10(2)30-22-16(9-27-30)14(6-19(28-22)13-5-11(3)33-12(13)4)23(32)29-20-7-15(21(26)31)17(24)8-18(20)25/h5-10H,1-4H3,(H2,26,31)(H,29,32). The Hall–Kier alpha value is -4.08. The number of hydrogen-bond donors (Lipinski definition) is 2. The lowest BCUT2D eigenvalue weighted by molar-refractivity contribution is 0.0992. The second-order valence-electron chi connectivity index (χ2n) is 7.93. The predicted octanol–water partition coefficient (Wildman–Crippen LogP) is 4.52. The summed E-state index contributed by atoms with van der Waals surface area (Å²) < 4.78 is 35.4. The molecule has 0 aliphatic heterocycles. The molecule has 4 rings (SSSR count). The summed E-state index contributed by atoms with van der Waals surface area (Å²) in [6, 6.07) is 4.68. The first kappa shape index (κ1) is 22.1. The van der Waals surface area contributed by atoms with E-state index >= 15 is 0 Å². The van der Waals surface area contributed by atoms with E-state index in [1.165, 1.54) is 6.20 Å². The Morgan fingerprint density at radius 2 is 1.82 bits per heavy atom. The van der Waals surface area contributed by atoms with E-state index in [0.717, 1.165) is 6.07 Å². The number of fused-ring (bicyclic) bond motifs is 1. The van der Waals surface area contributed by atoms with Crippen LogP contribution in [0.1, 0.15) is 52.1 Å². The highest BCUT2D eigenvalue weighted by Gasteiger charge is 2.22. The molecule has 2 amide bonds. The second-order valence-corrected chi connectivity index (χ2v) is 7.93. The van der Waals surface area contributed by atoms with Crippen LogP contribution >= 0.6 is 0 Å². The summed E-state index contributed by atoms with van der Waals surface area (Å²) >= 11 is 0. The molecule has 3 aromatic heterocycles. The molecule has 0 bridgehead atoms. The first-order chi connectivity index (χ1) is 15.6. The third kappa shape index (κ3) is 3.95. The third-order valence-corrected chi connectivity index (χ3v) is 5.19. The number of anilines is 1. The quantitative estimate of drug-likeness (QED) is 0.461. The van der Waals surface area contributed by atoms with Crippen molar-refractivity contribution in [3.63, 3.8) is 0 Å². The average molecular weight is 453 g/mol. The van der Waals surface area contributed by atoms with Crippen molar-refractivity contribution in [2.24, 2.45) is 5.73 Å². The Labute approximate surface area is 187 Å². The van der Waals surface area contributed by atoms with E-state index in [2.05, 4.69) is 10.4 Å². The van der Waals surface area contributed by atoms with Crippen molar-refractivity contribution in [1.29, 1.82) is 0 Å². The number of aryl methyl sites for hydroxylation is 2. The van der Waals surface area contributed by atoms with Crippen LogP contribution in [0.25, 0.3) is 22.3 Å². The topological polar surface area (TPSA) is 116 Å². The van der Waals surface area contributed by atoms with Gasteiger partial charge in [-0.25, -0.2) is 18.4 Å². The smallest absolute Gasteiger partial charge is 0.256 e. The maximum Gasteiger partial charge on any atom is 0.256 e. The van der Waals surface area contributed by atoms with Crippen LogP contribution in [-0.4, -0.2) is 26.6 Å². The molecular formula is C23H21F2N5O3. The number of halogens is 2. The maximum absolute atomic E-state index is 14.3.